The molecule has 0 saturated heterocycles. The quantitative estimate of drug-likeness (QED) is 0.0679. The Morgan fingerprint density at radius 3 is 0.697 bits per heavy atom. The average molecular weight is 1080 g/mol. The summed E-state index contributed by atoms with van der Waals surface area (Å²) in [5, 5.41) is 31.3. The van der Waals surface area contributed by atoms with Crippen molar-refractivity contribution >= 4 is 59.1 Å². The zero-order valence-electron chi connectivity index (χ0n) is 49.0. The van der Waals surface area contributed by atoms with E-state index in [1.165, 1.54) is 62.0 Å². The Hall–Kier alpha value is -5.42. The molecule has 0 bridgehead atoms. The number of carbonyl (C=O) groups excluding carboxylic acids is 10. The molecule has 5 N–H and O–H groups in total. The number of aliphatic hydroxyl groups is 3. The van der Waals surface area contributed by atoms with Crippen LogP contribution in [0.15, 0.2) is 0 Å². The maximum Gasteiger partial charge on any atom is 0.242 e. The number of hydrogen-bond acceptors (Lipinski definition) is 13. The zero-order chi connectivity index (χ0) is 58.9. The van der Waals surface area contributed by atoms with Crippen molar-refractivity contribution in [1.29, 1.82) is 0 Å². The number of primary amides is 1. The third-order valence-corrected chi connectivity index (χ3v) is 14.1. The monoisotopic (exact) mass is 1080 g/mol. The van der Waals surface area contributed by atoms with Crippen molar-refractivity contribution < 1.29 is 63.3 Å². The van der Waals surface area contributed by atoms with Gasteiger partial charge < -0.3 is 65.2 Å². The molecule has 0 aliphatic heterocycles. The second-order valence-corrected chi connectivity index (χ2v) is 20.6. The first-order chi connectivity index (χ1) is 35.3. The summed E-state index contributed by atoms with van der Waals surface area (Å²) < 4.78 is 0. The number of hydrogen-bond donors (Lipinski definition) is 4. The van der Waals surface area contributed by atoms with Gasteiger partial charge in [0.15, 0.2) is 0 Å². The van der Waals surface area contributed by atoms with E-state index in [1.807, 2.05) is 34.6 Å². The van der Waals surface area contributed by atoms with Crippen molar-refractivity contribution in [2.45, 2.75) is 204 Å². The van der Waals surface area contributed by atoms with Gasteiger partial charge in [0.25, 0.3) is 0 Å². The number of nitrogens with two attached hydrogens (primary N) is 1. The van der Waals surface area contributed by atoms with Crippen LogP contribution in [0.2, 0.25) is 0 Å². The molecule has 0 spiro atoms. The summed E-state index contributed by atoms with van der Waals surface area (Å²) in [5.74, 6) is -6.04. The van der Waals surface area contributed by atoms with Gasteiger partial charge in [-0.2, -0.15) is 0 Å². The minimum atomic E-state index is -1.13. The second kappa shape index (κ2) is 35.1. The number of aliphatic hydroxyl groups excluding tert-OH is 3. The molecule has 0 fully saturated rings. The van der Waals surface area contributed by atoms with Crippen LogP contribution in [0.1, 0.15) is 149 Å². The lowest BCUT2D eigenvalue weighted by Crippen LogP contribution is -2.56. The Kier molecular flexibility index (Phi) is 32.6. The van der Waals surface area contributed by atoms with Crippen LogP contribution >= 0.6 is 0 Å². The van der Waals surface area contributed by atoms with Crippen molar-refractivity contribution in [2.75, 3.05) is 78.5 Å². The van der Waals surface area contributed by atoms with E-state index in [-0.39, 0.29) is 50.7 Å². The van der Waals surface area contributed by atoms with Gasteiger partial charge in [-0.05, 0) is 101 Å². The van der Waals surface area contributed by atoms with Crippen LogP contribution in [-0.2, 0) is 47.9 Å². The molecule has 0 aliphatic rings. The summed E-state index contributed by atoms with van der Waals surface area (Å²) in [6.45, 7) is 21.9. The fourth-order valence-electron chi connectivity index (χ4n) is 8.21. The van der Waals surface area contributed by atoms with Crippen LogP contribution in [0.25, 0.3) is 0 Å². The Labute approximate surface area is 453 Å². The SMILES string of the molecule is CCC(C)N(CC(=O)N(CC(=O)N(CC(=O)N(CC(=O)N(CC(=O)N(CC(=O)N(CC(=O)N(CC(=O)N(CC(N)=O)C(C)CC)CC(C)O)C(C)CC)C(C)CC)CC(C)O)C(C)CC)C(C)CC)CC(C)O)C(C)=O. The lowest BCUT2D eigenvalue weighted by molar-refractivity contribution is -0.152. The standard InChI is InChI=1S/C53H98N10O13/c1-17-35(7)58(44(16)67)30-46(69)55(23-41(13)64)28-50(73)62(39(11)21-5)33-52(75)61(38(10)20-4)32-48(71)57(25-43(15)66)29-51(74)63(40(12)22-6)34-53(76)60(37(9)19-3)31-47(70)56(24-42(14)65)27-49(72)59(26-45(54)68)36(8)18-2/h35-43,64-66H,17-34H2,1-16H3,(H2,54,68). The van der Waals surface area contributed by atoms with E-state index >= 15 is 0 Å². The molecule has 0 radical (unpaired) electrons. The summed E-state index contributed by atoms with van der Waals surface area (Å²) >= 11 is 0. The molecule has 9 atom stereocenters. The molecule has 0 rings (SSSR count). The molecule has 23 nitrogen and oxygen atoms in total. The van der Waals surface area contributed by atoms with E-state index in [4.69, 9.17) is 5.73 Å². The van der Waals surface area contributed by atoms with Gasteiger partial charge in [-0.3, -0.25) is 47.9 Å². The minimum absolute atomic E-state index is 0.213. The zero-order valence-corrected chi connectivity index (χ0v) is 49.0. The van der Waals surface area contributed by atoms with E-state index in [1.54, 1.807) is 48.5 Å². The number of amides is 10. The fourth-order valence-corrected chi connectivity index (χ4v) is 8.21. The predicted molar refractivity (Wildman–Crippen MR) is 288 cm³/mol. The molecular formula is C53H98N10O13. The average Bonchev–Trinajstić information content (AvgIpc) is 3.35. The molecule has 9 unspecified atom stereocenters. The maximum absolute atomic E-state index is 14.4. The number of nitrogens with zero attached hydrogens (tertiary/aromatic N) is 9. The molecule has 76 heavy (non-hydrogen) atoms. The molecule has 0 heterocycles. The molecule has 23 heteroatoms. The molecule has 10 amide bonds. The maximum atomic E-state index is 14.4. The van der Waals surface area contributed by atoms with Gasteiger partial charge in [-0.25, -0.2) is 0 Å². The van der Waals surface area contributed by atoms with Gasteiger partial charge in [0, 0.05) is 62.8 Å². The smallest absolute Gasteiger partial charge is 0.242 e. The van der Waals surface area contributed by atoms with Gasteiger partial charge in [0.05, 0.1) is 51.0 Å². The van der Waals surface area contributed by atoms with Crippen LogP contribution in [-0.4, -0.2) is 252 Å². The third-order valence-electron chi connectivity index (χ3n) is 14.1. The van der Waals surface area contributed by atoms with Crippen molar-refractivity contribution in [3.8, 4) is 0 Å². The summed E-state index contributed by atoms with van der Waals surface area (Å²) in [5.41, 5.74) is 5.43. The highest BCUT2D eigenvalue weighted by Crippen LogP contribution is 2.16. The van der Waals surface area contributed by atoms with Crippen molar-refractivity contribution in [3.63, 3.8) is 0 Å². The second-order valence-electron chi connectivity index (χ2n) is 20.6. The predicted octanol–water partition coefficient (Wildman–Crippen LogP) is 0.882. The third kappa shape index (κ3) is 23.9. The first-order valence-electron chi connectivity index (χ1n) is 27.3. The van der Waals surface area contributed by atoms with Gasteiger partial charge >= 0.3 is 0 Å². The molecular weight excluding hydrogens is 985 g/mol. The summed E-state index contributed by atoms with van der Waals surface area (Å²) in [6.07, 6.45) is -0.535. The Bertz CT molecular complexity index is 1900. The van der Waals surface area contributed by atoms with E-state index in [0.717, 1.165) is 9.80 Å². The van der Waals surface area contributed by atoms with Gasteiger partial charge in [-0.1, -0.05) is 41.5 Å². The minimum Gasteiger partial charge on any atom is -0.392 e. The molecule has 438 valence electrons. The summed E-state index contributed by atoms with van der Waals surface area (Å²) in [6, 6.07) is -2.81. The lowest BCUT2D eigenvalue weighted by atomic mass is 10.1. The van der Waals surface area contributed by atoms with E-state index in [2.05, 4.69) is 0 Å². The largest absolute Gasteiger partial charge is 0.392 e. The molecule has 0 aromatic rings. The van der Waals surface area contributed by atoms with Gasteiger partial charge in [0.2, 0.25) is 59.1 Å². The first-order valence-corrected chi connectivity index (χ1v) is 27.3. The van der Waals surface area contributed by atoms with Crippen LogP contribution in [0, 0.1) is 0 Å². The van der Waals surface area contributed by atoms with Crippen molar-refractivity contribution in [1.82, 2.24) is 44.1 Å². The van der Waals surface area contributed by atoms with Gasteiger partial charge in [-0.15, -0.1) is 0 Å². The first kappa shape index (κ1) is 70.6. The van der Waals surface area contributed by atoms with Gasteiger partial charge in [0.1, 0.15) is 26.2 Å². The van der Waals surface area contributed by atoms with E-state index in [0.29, 0.717) is 38.5 Å². The Morgan fingerprint density at radius 1 is 0.316 bits per heavy atom. The van der Waals surface area contributed by atoms with Crippen molar-refractivity contribution in [3.05, 3.63) is 0 Å². The van der Waals surface area contributed by atoms with E-state index in [9.17, 15) is 63.3 Å². The number of rotatable bonds is 36. The highest BCUT2D eigenvalue weighted by Gasteiger charge is 2.35. The summed E-state index contributed by atoms with van der Waals surface area (Å²) in [7, 11) is 0. The Balaban J connectivity index is 6.85. The highest BCUT2D eigenvalue weighted by molar-refractivity contribution is 5.94. The Morgan fingerprint density at radius 2 is 0.500 bits per heavy atom. The highest BCUT2D eigenvalue weighted by atomic mass is 16.3. The van der Waals surface area contributed by atoms with Crippen LogP contribution in [0.3, 0.4) is 0 Å². The lowest BCUT2D eigenvalue weighted by Gasteiger charge is -2.37. The van der Waals surface area contributed by atoms with E-state index < -0.39 is 141 Å². The molecule has 0 aromatic carbocycles. The molecule has 0 aliphatic carbocycles. The summed E-state index contributed by atoms with van der Waals surface area (Å²) in [4.78, 5) is 148. The number of carbonyl (C=O) groups is 10. The molecule has 0 aromatic heterocycles. The molecule has 0 saturated carbocycles. The normalized spacial score (nSPS) is 14.8. The van der Waals surface area contributed by atoms with Crippen LogP contribution in [0.4, 0.5) is 0 Å². The van der Waals surface area contributed by atoms with Crippen molar-refractivity contribution in [2.24, 2.45) is 5.73 Å². The van der Waals surface area contributed by atoms with Crippen LogP contribution < -0.4 is 5.73 Å². The topological polar surface area (TPSA) is 287 Å². The van der Waals surface area contributed by atoms with Crippen LogP contribution in [0.5, 0.6) is 0 Å². The fraction of sp³-hybridized carbons (Fsp3) is 0.811.